The van der Waals surface area contributed by atoms with E-state index in [-0.39, 0.29) is 17.9 Å². The summed E-state index contributed by atoms with van der Waals surface area (Å²) in [6.45, 7) is 0.169. The number of esters is 1. The van der Waals surface area contributed by atoms with Crippen LogP contribution in [0.15, 0.2) is 30.5 Å². The van der Waals surface area contributed by atoms with E-state index in [1.165, 1.54) is 12.1 Å². The number of carbonyl (C=O) groups excluding carboxylic acids is 1. The highest BCUT2D eigenvalue weighted by Gasteiger charge is 2.13. The zero-order valence-electron chi connectivity index (χ0n) is 10.5. The summed E-state index contributed by atoms with van der Waals surface area (Å²) in [6.07, 6.45) is 2.19. The van der Waals surface area contributed by atoms with Gasteiger partial charge in [-0.3, -0.25) is 4.68 Å². The average molecular weight is 263 g/mol. The summed E-state index contributed by atoms with van der Waals surface area (Å²) in [7, 11) is 1.80. The molecule has 0 atom stereocenters. The van der Waals surface area contributed by atoms with E-state index in [9.17, 15) is 9.18 Å². The van der Waals surface area contributed by atoms with Gasteiger partial charge in [0.2, 0.25) is 0 Å². The van der Waals surface area contributed by atoms with E-state index in [0.717, 1.165) is 11.8 Å². The molecule has 2 aromatic rings. The molecule has 0 amide bonds. The number of ether oxygens (including phenoxy) is 1. The third kappa shape index (κ3) is 3.09. The summed E-state index contributed by atoms with van der Waals surface area (Å²) >= 11 is 0. The predicted octanol–water partition coefficient (Wildman–Crippen LogP) is 1.54. The first-order chi connectivity index (χ1) is 9.08. The van der Waals surface area contributed by atoms with Crippen LogP contribution in [0, 0.1) is 5.82 Å². The van der Waals surface area contributed by atoms with Crippen molar-refractivity contribution in [1.82, 2.24) is 9.78 Å². The Morgan fingerprint density at radius 3 is 2.89 bits per heavy atom. The second kappa shape index (κ2) is 5.51. The van der Waals surface area contributed by atoms with E-state index in [1.807, 2.05) is 6.07 Å². The monoisotopic (exact) mass is 263 g/mol. The van der Waals surface area contributed by atoms with Crippen molar-refractivity contribution in [3.63, 3.8) is 0 Å². The zero-order valence-corrected chi connectivity index (χ0v) is 10.5. The summed E-state index contributed by atoms with van der Waals surface area (Å²) in [5.74, 6) is -1.37. The zero-order chi connectivity index (χ0) is 13.8. The minimum Gasteiger partial charge on any atom is -0.462 e. The molecule has 100 valence electrons. The van der Waals surface area contributed by atoms with Crippen LogP contribution >= 0.6 is 0 Å². The van der Waals surface area contributed by atoms with Gasteiger partial charge in [-0.25, -0.2) is 9.18 Å². The van der Waals surface area contributed by atoms with Gasteiger partial charge >= 0.3 is 5.97 Å². The first-order valence-electron chi connectivity index (χ1n) is 5.77. The van der Waals surface area contributed by atoms with Crippen molar-refractivity contribution >= 4 is 11.7 Å². The molecular formula is C13H14FN3O2. The molecule has 0 aliphatic rings. The summed E-state index contributed by atoms with van der Waals surface area (Å²) in [6, 6.07) is 5.70. The van der Waals surface area contributed by atoms with Crippen molar-refractivity contribution in [2.24, 2.45) is 7.05 Å². The van der Waals surface area contributed by atoms with Crippen LogP contribution in [0.25, 0.3) is 0 Å². The molecule has 1 aromatic carbocycles. The van der Waals surface area contributed by atoms with Crippen molar-refractivity contribution in [3.05, 3.63) is 47.5 Å². The number of nitrogens with zero attached hydrogens (tertiary/aromatic N) is 2. The molecule has 0 saturated heterocycles. The van der Waals surface area contributed by atoms with Crippen LogP contribution in [0.4, 0.5) is 10.1 Å². The van der Waals surface area contributed by atoms with Crippen LogP contribution in [-0.2, 0) is 18.2 Å². The maximum atomic E-state index is 13.5. The number of benzene rings is 1. The summed E-state index contributed by atoms with van der Waals surface area (Å²) in [5.41, 5.74) is 6.50. The number of aryl methyl sites for hydroxylation is 1. The van der Waals surface area contributed by atoms with Gasteiger partial charge in [0.05, 0.1) is 12.2 Å². The molecule has 0 aliphatic carbocycles. The molecule has 19 heavy (non-hydrogen) atoms. The van der Waals surface area contributed by atoms with Gasteiger partial charge in [0, 0.05) is 31.0 Å². The summed E-state index contributed by atoms with van der Waals surface area (Å²) in [5, 5.41) is 4.00. The molecule has 1 aromatic heterocycles. The third-order valence-corrected chi connectivity index (χ3v) is 2.73. The Bertz CT molecular complexity index is 595. The van der Waals surface area contributed by atoms with E-state index in [0.29, 0.717) is 6.42 Å². The highest BCUT2D eigenvalue weighted by Crippen LogP contribution is 2.13. The topological polar surface area (TPSA) is 70.1 Å². The molecule has 0 bridgehead atoms. The molecule has 0 unspecified atom stereocenters. The summed E-state index contributed by atoms with van der Waals surface area (Å²) in [4.78, 5) is 11.7. The molecule has 0 aliphatic heterocycles. The fourth-order valence-electron chi connectivity index (χ4n) is 1.67. The standard InChI is InChI=1S/C13H14FN3O2/c1-17-10(4-6-16-17)5-7-19-13(18)11-3-2-9(15)8-12(11)14/h2-4,6,8H,5,7,15H2,1H3. The van der Waals surface area contributed by atoms with E-state index in [2.05, 4.69) is 5.10 Å². The summed E-state index contributed by atoms with van der Waals surface area (Å²) < 4.78 is 20.2. The van der Waals surface area contributed by atoms with Gasteiger partial charge in [-0.1, -0.05) is 0 Å². The lowest BCUT2D eigenvalue weighted by Gasteiger charge is -2.06. The van der Waals surface area contributed by atoms with Crippen molar-refractivity contribution in [2.75, 3.05) is 12.3 Å². The van der Waals surface area contributed by atoms with E-state index in [4.69, 9.17) is 10.5 Å². The van der Waals surface area contributed by atoms with Gasteiger partial charge < -0.3 is 10.5 Å². The van der Waals surface area contributed by atoms with Crippen LogP contribution in [0.2, 0.25) is 0 Å². The second-order valence-corrected chi connectivity index (χ2v) is 4.07. The lowest BCUT2D eigenvalue weighted by molar-refractivity contribution is 0.0502. The number of hydrogen-bond acceptors (Lipinski definition) is 4. The lowest BCUT2D eigenvalue weighted by Crippen LogP contribution is -2.11. The number of anilines is 1. The Morgan fingerprint density at radius 1 is 1.47 bits per heavy atom. The quantitative estimate of drug-likeness (QED) is 0.671. The number of nitrogen functional groups attached to an aromatic ring is 1. The maximum absolute atomic E-state index is 13.5. The van der Waals surface area contributed by atoms with Crippen LogP contribution in [-0.4, -0.2) is 22.4 Å². The second-order valence-electron chi connectivity index (χ2n) is 4.07. The minimum atomic E-state index is -0.695. The number of hydrogen-bond donors (Lipinski definition) is 1. The fourth-order valence-corrected chi connectivity index (χ4v) is 1.67. The number of carbonyl (C=O) groups is 1. The average Bonchev–Trinajstić information content (AvgIpc) is 2.75. The van der Waals surface area contributed by atoms with Gasteiger partial charge in [-0.15, -0.1) is 0 Å². The van der Waals surface area contributed by atoms with Crippen LogP contribution in [0.3, 0.4) is 0 Å². The van der Waals surface area contributed by atoms with Gasteiger partial charge in [0.1, 0.15) is 5.82 Å². The van der Waals surface area contributed by atoms with Gasteiger partial charge in [0.25, 0.3) is 0 Å². The van der Waals surface area contributed by atoms with Crippen molar-refractivity contribution < 1.29 is 13.9 Å². The Balaban J connectivity index is 1.93. The van der Waals surface area contributed by atoms with Gasteiger partial charge in [-0.05, 0) is 24.3 Å². The Kier molecular flexibility index (Phi) is 3.79. The number of halogens is 1. The van der Waals surface area contributed by atoms with Gasteiger partial charge in [-0.2, -0.15) is 5.10 Å². The van der Waals surface area contributed by atoms with Gasteiger partial charge in [0.15, 0.2) is 0 Å². The molecule has 0 saturated carbocycles. The Morgan fingerprint density at radius 2 is 2.26 bits per heavy atom. The molecule has 0 radical (unpaired) electrons. The maximum Gasteiger partial charge on any atom is 0.341 e. The minimum absolute atomic E-state index is 0.112. The van der Waals surface area contributed by atoms with Crippen LogP contribution < -0.4 is 5.73 Å². The van der Waals surface area contributed by atoms with Crippen molar-refractivity contribution in [2.45, 2.75) is 6.42 Å². The molecule has 1 heterocycles. The lowest BCUT2D eigenvalue weighted by atomic mass is 10.2. The largest absolute Gasteiger partial charge is 0.462 e. The number of aromatic nitrogens is 2. The highest BCUT2D eigenvalue weighted by atomic mass is 19.1. The Labute approximate surface area is 109 Å². The smallest absolute Gasteiger partial charge is 0.341 e. The molecular weight excluding hydrogens is 249 g/mol. The normalized spacial score (nSPS) is 10.4. The molecule has 6 heteroatoms. The van der Waals surface area contributed by atoms with Crippen molar-refractivity contribution in [3.8, 4) is 0 Å². The first-order valence-corrected chi connectivity index (χ1v) is 5.77. The molecule has 5 nitrogen and oxygen atoms in total. The fraction of sp³-hybridized carbons (Fsp3) is 0.231. The molecule has 0 fully saturated rings. The Hall–Kier alpha value is -2.37. The predicted molar refractivity (Wildman–Crippen MR) is 68.0 cm³/mol. The number of rotatable bonds is 4. The molecule has 0 spiro atoms. The van der Waals surface area contributed by atoms with Crippen LogP contribution in [0.1, 0.15) is 16.1 Å². The van der Waals surface area contributed by atoms with E-state index >= 15 is 0 Å². The molecule has 2 rings (SSSR count). The van der Waals surface area contributed by atoms with E-state index in [1.54, 1.807) is 17.9 Å². The SMILES string of the molecule is Cn1nccc1CCOC(=O)c1ccc(N)cc1F. The highest BCUT2D eigenvalue weighted by molar-refractivity contribution is 5.90. The van der Waals surface area contributed by atoms with Crippen molar-refractivity contribution in [1.29, 1.82) is 0 Å². The van der Waals surface area contributed by atoms with Crippen LogP contribution in [0.5, 0.6) is 0 Å². The van der Waals surface area contributed by atoms with E-state index < -0.39 is 11.8 Å². The third-order valence-electron chi connectivity index (χ3n) is 2.73. The first kappa shape index (κ1) is 13.1. The number of nitrogens with two attached hydrogens (primary N) is 1. The molecule has 2 N–H and O–H groups in total.